The molecule has 8 nitrogen and oxygen atoms in total. The van der Waals surface area contributed by atoms with Crippen LogP contribution < -0.4 is 18.9 Å². The first-order valence-corrected chi connectivity index (χ1v) is 16.3. The van der Waals surface area contributed by atoms with Crippen LogP contribution in [-0.4, -0.2) is 77.3 Å². The average Bonchev–Trinajstić information content (AvgIpc) is 3.89. The summed E-state index contributed by atoms with van der Waals surface area (Å²) in [6.45, 7) is 7.38. The topological polar surface area (TPSA) is 87.0 Å². The van der Waals surface area contributed by atoms with Crippen LogP contribution in [-0.2, 0) is 18.9 Å². The SMILES string of the molecule is CCCCC(c1c(OCC2CO2)ccc2ccc(OCC3CO3)cc12)c1c(OCC2CO2)ccc2ccc(OCC3CO3)cc12. The van der Waals surface area contributed by atoms with Crippen molar-refractivity contribution in [1.82, 2.24) is 0 Å². The van der Waals surface area contributed by atoms with E-state index in [1.54, 1.807) is 0 Å². The van der Waals surface area contributed by atoms with Crippen molar-refractivity contribution in [3.8, 4) is 23.0 Å². The highest BCUT2D eigenvalue weighted by Gasteiger charge is 2.31. The van der Waals surface area contributed by atoms with Crippen LogP contribution >= 0.6 is 0 Å². The highest BCUT2D eigenvalue weighted by molar-refractivity contribution is 5.94. The normalized spacial score (nSPS) is 23.5. The van der Waals surface area contributed by atoms with Gasteiger partial charge in [-0.15, -0.1) is 0 Å². The highest BCUT2D eigenvalue weighted by Crippen LogP contribution is 2.47. The first-order valence-electron chi connectivity index (χ1n) is 16.3. The molecule has 4 aromatic carbocycles. The highest BCUT2D eigenvalue weighted by atomic mass is 16.6. The second-order valence-corrected chi connectivity index (χ2v) is 12.5. The second kappa shape index (κ2) is 12.7. The van der Waals surface area contributed by atoms with Crippen molar-refractivity contribution >= 4 is 21.5 Å². The molecule has 4 saturated heterocycles. The summed E-state index contributed by atoms with van der Waals surface area (Å²) in [4.78, 5) is 0. The third-order valence-corrected chi connectivity index (χ3v) is 8.86. The Morgan fingerprint density at radius 3 is 1.38 bits per heavy atom. The Bertz CT molecular complexity index is 1520. The van der Waals surface area contributed by atoms with Crippen LogP contribution in [0.2, 0.25) is 0 Å². The van der Waals surface area contributed by atoms with E-state index in [1.165, 1.54) is 0 Å². The van der Waals surface area contributed by atoms with Gasteiger partial charge < -0.3 is 37.9 Å². The standard InChI is InChI=1S/C37H40O8/c1-2-3-4-31(36-32-13-25(38-15-27-17-40-27)9-5-23(32)7-11-34(36)44-21-29-19-42-29)37-33-14-26(39-16-28-18-41-28)10-6-24(33)8-12-35(37)45-22-30-20-43-30/h5-14,27-31H,2-4,15-22H2,1H3. The quantitative estimate of drug-likeness (QED) is 0.126. The molecular weight excluding hydrogens is 572 g/mol. The minimum Gasteiger partial charge on any atom is -0.491 e. The van der Waals surface area contributed by atoms with E-state index in [2.05, 4.69) is 55.5 Å². The molecule has 4 aliphatic rings. The van der Waals surface area contributed by atoms with Gasteiger partial charge in [-0.2, -0.15) is 0 Å². The molecule has 0 spiro atoms. The van der Waals surface area contributed by atoms with E-state index in [9.17, 15) is 0 Å². The Morgan fingerprint density at radius 1 is 0.578 bits per heavy atom. The fraction of sp³-hybridized carbons (Fsp3) is 0.459. The molecule has 0 aromatic heterocycles. The van der Waals surface area contributed by atoms with Gasteiger partial charge in [0, 0.05) is 17.0 Å². The van der Waals surface area contributed by atoms with Gasteiger partial charge in [0.05, 0.1) is 26.4 Å². The van der Waals surface area contributed by atoms with Crippen LogP contribution in [0.3, 0.4) is 0 Å². The van der Waals surface area contributed by atoms with Gasteiger partial charge in [-0.05, 0) is 64.4 Å². The van der Waals surface area contributed by atoms with Crippen molar-refractivity contribution in [3.63, 3.8) is 0 Å². The number of benzene rings is 4. The van der Waals surface area contributed by atoms with E-state index in [0.29, 0.717) is 26.4 Å². The van der Waals surface area contributed by atoms with Crippen molar-refractivity contribution in [2.45, 2.75) is 56.5 Å². The van der Waals surface area contributed by atoms with Crippen molar-refractivity contribution in [2.75, 3.05) is 52.9 Å². The molecule has 8 rings (SSSR count). The number of unbranched alkanes of at least 4 members (excludes halogenated alkanes) is 1. The van der Waals surface area contributed by atoms with Gasteiger partial charge in [-0.25, -0.2) is 0 Å². The monoisotopic (exact) mass is 612 g/mol. The van der Waals surface area contributed by atoms with Gasteiger partial charge in [0.2, 0.25) is 0 Å². The van der Waals surface area contributed by atoms with Gasteiger partial charge in [0.15, 0.2) is 0 Å². The Labute approximate surface area is 263 Å². The number of hydrogen-bond acceptors (Lipinski definition) is 8. The Kier molecular flexibility index (Phi) is 8.14. The Hall–Kier alpha value is -3.56. The summed E-state index contributed by atoms with van der Waals surface area (Å²) in [5.74, 6) is 3.37. The largest absolute Gasteiger partial charge is 0.491 e. The summed E-state index contributed by atoms with van der Waals surface area (Å²) in [7, 11) is 0. The van der Waals surface area contributed by atoms with E-state index in [1.807, 2.05) is 12.1 Å². The second-order valence-electron chi connectivity index (χ2n) is 12.5. The number of fused-ring (bicyclic) bond motifs is 2. The Morgan fingerprint density at radius 2 is 0.978 bits per heavy atom. The number of rotatable bonds is 17. The van der Waals surface area contributed by atoms with E-state index in [-0.39, 0.29) is 30.3 Å². The van der Waals surface area contributed by atoms with Crippen molar-refractivity contribution in [1.29, 1.82) is 0 Å². The minimum atomic E-state index is -0.0216. The molecule has 0 radical (unpaired) electrons. The van der Waals surface area contributed by atoms with Crippen molar-refractivity contribution < 1.29 is 37.9 Å². The molecule has 0 bridgehead atoms. The molecule has 0 saturated carbocycles. The molecule has 236 valence electrons. The molecule has 4 atom stereocenters. The third-order valence-electron chi connectivity index (χ3n) is 8.86. The number of ether oxygens (including phenoxy) is 8. The zero-order chi connectivity index (χ0) is 30.2. The lowest BCUT2D eigenvalue weighted by Gasteiger charge is -2.27. The maximum absolute atomic E-state index is 6.57. The minimum absolute atomic E-state index is 0.0216. The maximum atomic E-state index is 6.57. The van der Waals surface area contributed by atoms with Gasteiger partial charge in [0.1, 0.15) is 73.8 Å². The van der Waals surface area contributed by atoms with Crippen LogP contribution in [0.1, 0.15) is 43.2 Å². The molecule has 4 fully saturated rings. The molecule has 4 aliphatic heterocycles. The van der Waals surface area contributed by atoms with Gasteiger partial charge >= 0.3 is 0 Å². The van der Waals surface area contributed by atoms with Gasteiger partial charge in [-0.1, -0.05) is 44.0 Å². The summed E-state index contributed by atoms with van der Waals surface area (Å²) >= 11 is 0. The van der Waals surface area contributed by atoms with Crippen LogP contribution in [0.15, 0.2) is 60.7 Å². The molecule has 4 unspecified atom stereocenters. The lowest BCUT2D eigenvalue weighted by atomic mass is 9.81. The zero-order valence-electron chi connectivity index (χ0n) is 25.7. The average molecular weight is 613 g/mol. The molecular formula is C37H40O8. The van der Waals surface area contributed by atoms with Crippen molar-refractivity contribution in [3.05, 3.63) is 71.8 Å². The van der Waals surface area contributed by atoms with E-state index < -0.39 is 0 Å². The summed E-state index contributed by atoms with van der Waals surface area (Å²) < 4.78 is 47.4. The molecule has 8 heteroatoms. The number of hydrogen-bond donors (Lipinski definition) is 0. The Balaban J connectivity index is 1.28. The van der Waals surface area contributed by atoms with Gasteiger partial charge in [0.25, 0.3) is 0 Å². The fourth-order valence-electron chi connectivity index (χ4n) is 6.00. The predicted molar refractivity (Wildman–Crippen MR) is 170 cm³/mol. The first-order chi connectivity index (χ1) is 22.2. The fourth-order valence-corrected chi connectivity index (χ4v) is 6.00. The summed E-state index contributed by atoms with van der Waals surface area (Å²) in [6, 6.07) is 21.2. The van der Waals surface area contributed by atoms with E-state index in [0.717, 1.165) is 101 Å². The van der Waals surface area contributed by atoms with Crippen LogP contribution in [0.5, 0.6) is 23.0 Å². The molecule has 0 N–H and O–H groups in total. The molecule has 4 aromatic rings. The zero-order valence-corrected chi connectivity index (χ0v) is 25.7. The first kappa shape index (κ1) is 28.9. The van der Waals surface area contributed by atoms with E-state index in [4.69, 9.17) is 37.9 Å². The predicted octanol–water partition coefficient (Wildman–Crippen LogP) is 6.43. The molecule has 45 heavy (non-hydrogen) atoms. The van der Waals surface area contributed by atoms with Crippen molar-refractivity contribution in [2.24, 2.45) is 0 Å². The van der Waals surface area contributed by atoms with Crippen LogP contribution in [0.25, 0.3) is 21.5 Å². The third kappa shape index (κ3) is 6.99. The van der Waals surface area contributed by atoms with Crippen LogP contribution in [0.4, 0.5) is 0 Å². The number of epoxide rings is 4. The summed E-state index contributed by atoms with van der Waals surface area (Å²) in [5.41, 5.74) is 2.29. The maximum Gasteiger partial charge on any atom is 0.123 e. The lowest BCUT2D eigenvalue weighted by molar-refractivity contribution is 0.257. The smallest absolute Gasteiger partial charge is 0.123 e. The molecule has 4 heterocycles. The summed E-state index contributed by atoms with van der Waals surface area (Å²) in [5, 5.41) is 4.51. The molecule has 0 aliphatic carbocycles. The summed E-state index contributed by atoms with van der Waals surface area (Å²) in [6.07, 6.45) is 3.66. The van der Waals surface area contributed by atoms with Crippen LogP contribution in [0, 0.1) is 0 Å². The molecule has 0 amide bonds. The van der Waals surface area contributed by atoms with E-state index >= 15 is 0 Å². The van der Waals surface area contributed by atoms with Gasteiger partial charge in [-0.3, -0.25) is 0 Å². The lowest BCUT2D eigenvalue weighted by Crippen LogP contribution is -2.13.